The van der Waals surface area contributed by atoms with Gasteiger partial charge in [-0.2, -0.15) is 11.8 Å². The zero-order chi connectivity index (χ0) is 20.2. The van der Waals surface area contributed by atoms with Gasteiger partial charge in [0, 0.05) is 5.41 Å². The number of halogens is 3. The largest absolute Gasteiger partial charge is 0.573 e. The molecule has 0 amide bonds. The first-order valence-corrected chi connectivity index (χ1v) is 11.1. The van der Waals surface area contributed by atoms with Crippen LogP contribution in [0.3, 0.4) is 0 Å². The molecule has 0 aliphatic carbocycles. The average Bonchev–Trinajstić information content (AvgIpc) is 2.63. The van der Waals surface area contributed by atoms with Crippen LogP contribution < -0.4 is 9.47 Å². The Morgan fingerprint density at radius 2 is 1.36 bits per heavy atom. The molecule has 1 aliphatic rings. The second kappa shape index (κ2) is 8.48. The van der Waals surface area contributed by atoms with Gasteiger partial charge in [-0.25, -0.2) is 8.42 Å². The monoisotopic (exact) mass is 430 g/mol. The molecule has 0 bridgehead atoms. The molecule has 1 fully saturated rings. The lowest BCUT2D eigenvalue weighted by atomic mass is 10.2. The highest BCUT2D eigenvalue weighted by molar-refractivity contribution is 7.99. The molecule has 2 aromatic rings. The van der Waals surface area contributed by atoms with Gasteiger partial charge in [0.15, 0.2) is 9.84 Å². The van der Waals surface area contributed by atoms with Crippen LogP contribution in [0.4, 0.5) is 13.2 Å². The van der Waals surface area contributed by atoms with Gasteiger partial charge >= 0.3 is 6.36 Å². The molecule has 9 heteroatoms. The van der Waals surface area contributed by atoms with Gasteiger partial charge < -0.3 is 9.47 Å². The average molecular weight is 430 g/mol. The van der Waals surface area contributed by atoms with Crippen molar-refractivity contribution in [1.29, 1.82) is 0 Å². The fraction of sp³-hybridized carbons (Fsp3) is 0.263. The Balaban J connectivity index is 1.67. The van der Waals surface area contributed by atoms with E-state index in [1.165, 1.54) is 41.8 Å². The van der Waals surface area contributed by atoms with E-state index in [2.05, 4.69) is 4.74 Å². The molecule has 0 N–H and O–H groups in total. The van der Waals surface area contributed by atoms with E-state index in [1.54, 1.807) is 0 Å². The Morgan fingerprint density at radius 3 is 1.89 bits per heavy atom. The summed E-state index contributed by atoms with van der Waals surface area (Å²) in [5, 5.41) is 1.35. The van der Waals surface area contributed by atoms with Crippen molar-refractivity contribution in [3.8, 4) is 17.2 Å². The maximum Gasteiger partial charge on any atom is 0.573 e. The molecule has 0 saturated carbocycles. The fourth-order valence-electron chi connectivity index (χ4n) is 2.58. The van der Waals surface area contributed by atoms with Crippen molar-refractivity contribution < 1.29 is 31.1 Å². The van der Waals surface area contributed by atoms with E-state index in [0.29, 0.717) is 11.5 Å². The highest BCUT2D eigenvalue weighted by atomic mass is 32.2. The highest BCUT2D eigenvalue weighted by Gasteiger charge is 2.31. The summed E-state index contributed by atoms with van der Waals surface area (Å²) >= 11 is 1.81. The number of sulfone groups is 1. The van der Waals surface area contributed by atoms with Crippen molar-refractivity contribution in [3.05, 3.63) is 59.5 Å². The maximum absolute atomic E-state index is 12.5. The van der Waals surface area contributed by atoms with Crippen LogP contribution in [-0.2, 0) is 9.84 Å². The molecule has 1 saturated heterocycles. The van der Waals surface area contributed by atoms with Crippen molar-refractivity contribution in [2.24, 2.45) is 0 Å². The van der Waals surface area contributed by atoms with Gasteiger partial charge in [-0.15, -0.1) is 13.2 Å². The number of hydrogen-bond acceptors (Lipinski definition) is 5. The smallest absolute Gasteiger partial charge is 0.457 e. The van der Waals surface area contributed by atoms with Gasteiger partial charge in [0.2, 0.25) is 0 Å². The number of ether oxygens (including phenoxy) is 2. The van der Waals surface area contributed by atoms with E-state index in [-0.39, 0.29) is 10.6 Å². The van der Waals surface area contributed by atoms with Crippen LogP contribution in [0.5, 0.6) is 17.2 Å². The molecule has 4 nitrogen and oxygen atoms in total. The van der Waals surface area contributed by atoms with Crippen LogP contribution in [0.2, 0.25) is 0 Å². The SMILES string of the molecule is O=S(=O)(C=C1CCSCC1)c1ccc(Oc2ccc(OC(F)(F)F)cc2)cc1. The minimum atomic E-state index is -4.75. The zero-order valence-corrected chi connectivity index (χ0v) is 16.2. The highest BCUT2D eigenvalue weighted by Crippen LogP contribution is 2.29. The minimum Gasteiger partial charge on any atom is -0.457 e. The maximum atomic E-state index is 12.5. The summed E-state index contributed by atoms with van der Waals surface area (Å²) in [5.74, 6) is 2.18. The molecule has 28 heavy (non-hydrogen) atoms. The topological polar surface area (TPSA) is 52.6 Å². The third-order valence-electron chi connectivity index (χ3n) is 3.90. The quantitative estimate of drug-likeness (QED) is 0.621. The van der Waals surface area contributed by atoms with Gasteiger partial charge in [-0.1, -0.05) is 5.57 Å². The summed E-state index contributed by atoms with van der Waals surface area (Å²) < 4.78 is 70.8. The van der Waals surface area contributed by atoms with Crippen molar-refractivity contribution >= 4 is 21.6 Å². The summed E-state index contributed by atoms with van der Waals surface area (Å²) in [5.41, 5.74) is 0.931. The molecule has 2 aromatic carbocycles. The second-order valence-corrected chi connectivity index (χ2v) is 9.05. The van der Waals surface area contributed by atoms with E-state index in [0.717, 1.165) is 42.1 Å². The van der Waals surface area contributed by atoms with Crippen molar-refractivity contribution in [2.75, 3.05) is 11.5 Å². The zero-order valence-electron chi connectivity index (χ0n) is 14.6. The first-order chi connectivity index (χ1) is 13.2. The molecular formula is C19H17F3O4S2. The molecule has 0 radical (unpaired) electrons. The lowest BCUT2D eigenvalue weighted by Crippen LogP contribution is -2.16. The summed E-state index contributed by atoms with van der Waals surface area (Å²) in [7, 11) is -3.52. The molecule has 0 unspecified atom stereocenters. The number of allylic oxidation sites excluding steroid dienone is 1. The first-order valence-electron chi connectivity index (χ1n) is 8.37. The van der Waals surface area contributed by atoms with Crippen molar-refractivity contribution in [3.63, 3.8) is 0 Å². The molecular weight excluding hydrogens is 413 g/mol. The predicted molar refractivity (Wildman–Crippen MR) is 101 cm³/mol. The minimum absolute atomic E-state index is 0.166. The number of benzene rings is 2. The Hall–Kier alpha value is -2.13. The Kier molecular flexibility index (Phi) is 6.24. The van der Waals surface area contributed by atoms with Crippen LogP contribution in [-0.4, -0.2) is 26.3 Å². The molecule has 0 spiro atoms. The number of hydrogen-bond donors (Lipinski definition) is 0. The van der Waals surface area contributed by atoms with Gasteiger partial charge in [0.25, 0.3) is 0 Å². The Morgan fingerprint density at radius 1 is 0.857 bits per heavy atom. The van der Waals surface area contributed by atoms with E-state index in [9.17, 15) is 21.6 Å². The fourth-order valence-corrected chi connectivity index (χ4v) is 4.92. The van der Waals surface area contributed by atoms with Gasteiger partial charge in [-0.05, 0) is 72.9 Å². The van der Waals surface area contributed by atoms with Gasteiger partial charge in [-0.3, -0.25) is 0 Å². The molecule has 3 rings (SSSR count). The molecule has 150 valence electrons. The second-order valence-electron chi connectivity index (χ2n) is 6.03. The van der Waals surface area contributed by atoms with E-state index in [1.807, 2.05) is 11.8 Å². The lowest BCUT2D eigenvalue weighted by molar-refractivity contribution is -0.274. The number of rotatable bonds is 5. The van der Waals surface area contributed by atoms with E-state index >= 15 is 0 Å². The van der Waals surface area contributed by atoms with E-state index in [4.69, 9.17) is 4.74 Å². The van der Waals surface area contributed by atoms with Gasteiger partial charge in [0.1, 0.15) is 17.2 Å². The standard InChI is InChI=1S/C19H17F3O4S2/c20-19(21,22)26-17-3-1-15(2-4-17)25-16-5-7-18(8-6-16)28(23,24)13-14-9-11-27-12-10-14/h1-8,13H,9-12H2. The molecule has 1 heterocycles. The third kappa shape index (κ3) is 5.93. The van der Waals surface area contributed by atoms with Crippen molar-refractivity contribution in [1.82, 2.24) is 0 Å². The predicted octanol–water partition coefficient (Wildman–Crippen LogP) is 5.56. The van der Waals surface area contributed by atoms with Crippen LogP contribution in [0, 0.1) is 0 Å². The van der Waals surface area contributed by atoms with Crippen LogP contribution >= 0.6 is 11.8 Å². The van der Waals surface area contributed by atoms with E-state index < -0.39 is 16.2 Å². The third-order valence-corrected chi connectivity index (χ3v) is 6.46. The van der Waals surface area contributed by atoms with Crippen LogP contribution in [0.1, 0.15) is 12.8 Å². The summed E-state index contributed by atoms with van der Waals surface area (Å²) in [6.45, 7) is 0. The number of thioether (sulfide) groups is 1. The van der Waals surface area contributed by atoms with Gasteiger partial charge in [0.05, 0.1) is 4.90 Å². The van der Waals surface area contributed by atoms with Crippen LogP contribution in [0.15, 0.2) is 64.4 Å². The summed E-state index contributed by atoms with van der Waals surface area (Å²) in [6, 6.07) is 10.8. The normalized spacial score (nSPS) is 15.2. The Bertz CT molecular complexity index is 927. The Labute approximate surface area is 165 Å². The van der Waals surface area contributed by atoms with Crippen LogP contribution in [0.25, 0.3) is 0 Å². The summed E-state index contributed by atoms with van der Waals surface area (Å²) in [4.78, 5) is 0.166. The summed E-state index contributed by atoms with van der Waals surface area (Å²) in [6.07, 6.45) is -3.20. The first kappa shape index (κ1) is 20.6. The molecule has 1 aliphatic heterocycles. The lowest BCUT2D eigenvalue weighted by Gasteiger charge is -2.13. The molecule has 0 atom stereocenters. The number of alkyl halides is 3. The van der Waals surface area contributed by atoms with Crippen molar-refractivity contribution in [2.45, 2.75) is 24.1 Å². The molecule has 0 aromatic heterocycles.